The van der Waals surface area contributed by atoms with Crippen LogP contribution >= 0.6 is 0 Å². The number of hydrogen-bond donors (Lipinski definition) is 1. The molecule has 0 spiro atoms. The number of aliphatic hydroxyl groups is 1. The average molecular weight is 266 g/mol. The molecule has 0 unspecified atom stereocenters. The number of carbonyl (C=O) groups is 2. The lowest BCUT2D eigenvalue weighted by molar-refractivity contribution is -0.145. The Hall–Kier alpha value is -0.900. The van der Waals surface area contributed by atoms with Crippen LogP contribution in [-0.4, -0.2) is 29.1 Å². The lowest BCUT2D eigenvalue weighted by atomic mass is 9.67. The summed E-state index contributed by atoms with van der Waals surface area (Å²) in [6.45, 7) is 5.82. The minimum Gasteiger partial charge on any atom is -0.462 e. The summed E-state index contributed by atoms with van der Waals surface area (Å²) in [4.78, 5) is 24.1. The fourth-order valence-corrected chi connectivity index (χ4v) is 4.75. The van der Waals surface area contributed by atoms with Crippen LogP contribution in [0.4, 0.5) is 0 Å². The zero-order chi connectivity index (χ0) is 13.9. The highest BCUT2D eigenvalue weighted by Crippen LogP contribution is 2.55. The van der Waals surface area contributed by atoms with E-state index in [4.69, 9.17) is 4.74 Å². The minimum absolute atomic E-state index is 0.157. The summed E-state index contributed by atoms with van der Waals surface area (Å²) in [6, 6.07) is 0. The van der Waals surface area contributed by atoms with Crippen LogP contribution < -0.4 is 0 Å². The van der Waals surface area contributed by atoms with Gasteiger partial charge in [-0.25, -0.2) is 0 Å². The van der Waals surface area contributed by atoms with E-state index >= 15 is 0 Å². The second-order valence-corrected chi connectivity index (χ2v) is 6.85. The maximum absolute atomic E-state index is 12.3. The van der Waals surface area contributed by atoms with E-state index in [9.17, 15) is 14.7 Å². The van der Waals surface area contributed by atoms with Gasteiger partial charge in [0.05, 0.1) is 17.4 Å². The summed E-state index contributed by atoms with van der Waals surface area (Å²) in [7, 11) is 0. The first-order chi connectivity index (χ1) is 8.87. The zero-order valence-corrected chi connectivity index (χ0v) is 11.8. The molecule has 0 aromatic carbocycles. The molecule has 106 valence electrons. The predicted molar refractivity (Wildman–Crippen MR) is 68.2 cm³/mol. The summed E-state index contributed by atoms with van der Waals surface area (Å²) >= 11 is 0. The molecule has 1 saturated heterocycles. The van der Waals surface area contributed by atoms with Crippen molar-refractivity contribution in [1.82, 2.24) is 0 Å². The molecule has 0 aromatic rings. The van der Waals surface area contributed by atoms with Crippen molar-refractivity contribution in [2.75, 3.05) is 0 Å². The summed E-state index contributed by atoms with van der Waals surface area (Å²) < 4.78 is 5.43. The van der Waals surface area contributed by atoms with E-state index in [0.717, 1.165) is 12.8 Å². The number of aliphatic hydroxyl groups excluding tert-OH is 1. The molecule has 0 amide bonds. The van der Waals surface area contributed by atoms with Crippen molar-refractivity contribution in [3.63, 3.8) is 0 Å². The Morgan fingerprint density at radius 3 is 2.68 bits per heavy atom. The third-order valence-electron chi connectivity index (χ3n) is 5.97. The maximum atomic E-state index is 12.3. The number of Topliss-reactive ketones (excluding diaryl/α,β-unsaturated/α-hetero) is 1. The molecule has 3 fully saturated rings. The van der Waals surface area contributed by atoms with Crippen LogP contribution in [-0.2, 0) is 14.3 Å². The standard InChI is InChI=1S/C15H22O4/c1-7-6-10-12(8(2)14(18)19-10)13(17)15(3)9(7)4-5-11(15)16/h7-10,12-13,17H,4-6H2,1-3H3/t7-,8+,9+,10+,12-,13+,15+/m1/s1. The summed E-state index contributed by atoms with van der Waals surface area (Å²) in [5.74, 6) is -0.0910. The van der Waals surface area contributed by atoms with Gasteiger partial charge in [-0.1, -0.05) is 13.8 Å². The molecular formula is C15H22O4. The Bertz CT molecular complexity index is 432. The van der Waals surface area contributed by atoms with E-state index in [0.29, 0.717) is 12.3 Å². The fraction of sp³-hybridized carbons (Fsp3) is 0.867. The molecular weight excluding hydrogens is 244 g/mol. The predicted octanol–water partition coefficient (Wildman–Crippen LogP) is 1.55. The van der Waals surface area contributed by atoms with Crippen molar-refractivity contribution in [2.45, 2.75) is 52.2 Å². The molecule has 4 heteroatoms. The Morgan fingerprint density at radius 2 is 2.00 bits per heavy atom. The number of ether oxygens (including phenoxy) is 1. The normalized spacial score (nSPS) is 53.5. The maximum Gasteiger partial charge on any atom is 0.309 e. The molecule has 3 rings (SSSR count). The van der Waals surface area contributed by atoms with Gasteiger partial charge in [-0.05, 0) is 31.6 Å². The highest BCUT2D eigenvalue weighted by atomic mass is 16.6. The Morgan fingerprint density at radius 1 is 1.32 bits per heavy atom. The van der Waals surface area contributed by atoms with Crippen molar-refractivity contribution in [3.8, 4) is 0 Å². The van der Waals surface area contributed by atoms with E-state index in [1.807, 2.05) is 13.8 Å². The lowest BCUT2D eigenvalue weighted by Gasteiger charge is -2.37. The van der Waals surface area contributed by atoms with E-state index in [-0.39, 0.29) is 35.6 Å². The van der Waals surface area contributed by atoms with Gasteiger partial charge in [0.15, 0.2) is 0 Å². The van der Waals surface area contributed by atoms with Gasteiger partial charge in [0.25, 0.3) is 0 Å². The van der Waals surface area contributed by atoms with Gasteiger partial charge in [-0.2, -0.15) is 0 Å². The van der Waals surface area contributed by atoms with Crippen molar-refractivity contribution >= 4 is 11.8 Å². The number of fused-ring (bicyclic) bond motifs is 2. The second kappa shape index (κ2) is 4.05. The quantitative estimate of drug-likeness (QED) is 0.676. The highest BCUT2D eigenvalue weighted by molar-refractivity contribution is 5.88. The Labute approximate surface area is 113 Å². The molecule has 4 nitrogen and oxygen atoms in total. The third-order valence-corrected chi connectivity index (χ3v) is 5.97. The Balaban J connectivity index is 2.04. The van der Waals surface area contributed by atoms with E-state index in [1.54, 1.807) is 0 Å². The van der Waals surface area contributed by atoms with Crippen LogP contribution in [0.25, 0.3) is 0 Å². The summed E-state index contributed by atoms with van der Waals surface area (Å²) in [6.07, 6.45) is 1.20. The first-order valence-corrected chi connectivity index (χ1v) is 7.29. The molecule has 7 atom stereocenters. The van der Waals surface area contributed by atoms with Gasteiger partial charge in [0, 0.05) is 12.3 Å². The van der Waals surface area contributed by atoms with Crippen LogP contribution in [0.1, 0.15) is 40.0 Å². The van der Waals surface area contributed by atoms with Crippen molar-refractivity contribution in [2.24, 2.45) is 29.1 Å². The van der Waals surface area contributed by atoms with Crippen molar-refractivity contribution in [3.05, 3.63) is 0 Å². The monoisotopic (exact) mass is 266 g/mol. The molecule has 2 saturated carbocycles. The van der Waals surface area contributed by atoms with E-state index in [2.05, 4.69) is 6.92 Å². The SMILES string of the molecule is C[C@@H]1C[C@@H]2OC(=O)[C@@H](C)[C@H]2[C@H](O)[C@]2(C)C(=O)CC[C@@H]12. The van der Waals surface area contributed by atoms with E-state index < -0.39 is 11.5 Å². The number of rotatable bonds is 0. The van der Waals surface area contributed by atoms with Crippen LogP contribution in [0.15, 0.2) is 0 Å². The first-order valence-electron chi connectivity index (χ1n) is 7.29. The number of esters is 1. The van der Waals surface area contributed by atoms with Gasteiger partial charge < -0.3 is 9.84 Å². The first kappa shape index (κ1) is 13.1. The lowest BCUT2D eigenvalue weighted by Crippen LogP contribution is -2.47. The van der Waals surface area contributed by atoms with Gasteiger partial charge >= 0.3 is 5.97 Å². The number of ketones is 1. The summed E-state index contributed by atoms with van der Waals surface area (Å²) in [5, 5.41) is 10.8. The molecule has 0 bridgehead atoms. The molecule has 0 radical (unpaired) electrons. The number of carbonyl (C=O) groups excluding carboxylic acids is 2. The molecule has 0 aromatic heterocycles. The van der Waals surface area contributed by atoms with Crippen LogP contribution in [0.2, 0.25) is 0 Å². The molecule has 19 heavy (non-hydrogen) atoms. The summed E-state index contributed by atoms with van der Waals surface area (Å²) in [5.41, 5.74) is -0.693. The smallest absolute Gasteiger partial charge is 0.309 e. The number of hydrogen-bond acceptors (Lipinski definition) is 4. The fourth-order valence-electron chi connectivity index (χ4n) is 4.75. The minimum atomic E-state index is -0.760. The van der Waals surface area contributed by atoms with Crippen LogP contribution in [0.5, 0.6) is 0 Å². The van der Waals surface area contributed by atoms with Crippen LogP contribution in [0, 0.1) is 29.1 Å². The van der Waals surface area contributed by atoms with Gasteiger partial charge in [-0.15, -0.1) is 0 Å². The van der Waals surface area contributed by atoms with Gasteiger partial charge in [0.1, 0.15) is 11.9 Å². The van der Waals surface area contributed by atoms with Gasteiger partial charge in [0.2, 0.25) is 0 Å². The topological polar surface area (TPSA) is 63.6 Å². The van der Waals surface area contributed by atoms with Gasteiger partial charge in [-0.3, -0.25) is 9.59 Å². The Kier molecular flexibility index (Phi) is 2.79. The molecule has 2 aliphatic carbocycles. The molecule has 1 heterocycles. The van der Waals surface area contributed by atoms with Crippen LogP contribution in [0.3, 0.4) is 0 Å². The molecule has 3 aliphatic rings. The molecule has 1 N–H and O–H groups in total. The molecule has 1 aliphatic heterocycles. The average Bonchev–Trinajstić information content (AvgIpc) is 2.77. The third kappa shape index (κ3) is 1.55. The van der Waals surface area contributed by atoms with Crippen molar-refractivity contribution in [1.29, 1.82) is 0 Å². The highest BCUT2D eigenvalue weighted by Gasteiger charge is 2.61. The van der Waals surface area contributed by atoms with Crippen molar-refractivity contribution < 1.29 is 19.4 Å². The zero-order valence-electron chi connectivity index (χ0n) is 11.8. The second-order valence-electron chi connectivity index (χ2n) is 6.85. The largest absolute Gasteiger partial charge is 0.462 e. The van der Waals surface area contributed by atoms with E-state index in [1.165, 1.54) is 0 Å².